The minimum Gasteiger partial charge on any atom is -0.497 e. The third kappa shape index (κ3) is 5.38. The Labute approximate surface area is 171 Å². The van der Waals surface area contributed by atoms with Crippen molar-refractivity contribution in [2.24, 2.45) is 0 Å². The molecule has 6 heteroatoms. The molecule has 0 spiro atoms. The normalized spacial score (nSPS) is 14.5. The molecule has 0 saturated carbocycles. The highest BCUT2D eigenvalue weighted by molar-refractivity contribution is 6.03. The largest absolute Gasteiger partial charge is 0.497 e. The number of amides is 2. The molecule has 2 aromatic rings. The second kappa shape index (κ2) is 9.28. The zero-order valence-corrected chi connectivity index (χ0v) is 17.1. The average molecular weight is 393 g/mol. The molecule has 3 rings (SSSR count). The second-order valence-corrected chi connectivity index (χ2v) is 7.09. The predicted molar refractivity (Wildman–Crippen MR) is 116 cm³/mol. The van der Waals surface area contributed by atoms with Gasteiger partial charge in [0.2, 0.25) is 11.8 Å². The van der Waals surface area contributed by atoms with Crippen molar-refractivity contribution >= 4 is 28.8 Å². The summed E-state index contributed by atoms with van der Waals surface area (Å²) in [6, 6.07) is 15.4. The molecule has 152 valence electrons. The van der Waals surface area contributed by atoms with Crippen LogP contribution in [0.4, 0.5) is 11.4 Å². The summed E-state index contributed by atoms with van der Waals surface area (Å²) in [5.74, 6) is 0.746. The summed E-state index contributed by atoms with van der Waals surface area (Å²) in [5.41, 5.74) is 3.70. The van der Waals surface area contributed by atoms with Gasteiger partial charge in [0, 0.05) is 50.6 Å². The van der Waals surface area contributed by atoms with Gasteiger partial charge in [-0.3, -0.25) is 9.59 Å². The van der Waals surface area contributed by atoms with Gasteiger partial charge >= 0.3 is 0 Å². The van der Waals surface area contributed by atoms with E-state index in [4.69, 9.17) is 4.74 Å². The molecule has 0 aliphatic carbocycles. The van der Waals surface area contributed by atoms with Crippen LogP contribution in [0.5, 0.6) is 5.75 Å². The van der Waals surface area contributed by atoms with Crippen LogP contribution in [0.15, 0.2) is 54.6 Å². The number of nitrogens with zero attached hydrogens (tertiary/aromatic N) is 2. The summed E-state index contributed by atoms with van der Waals surface area (Å²) in [7, 11) is 1.63. The number of ether oxygens (including phenoxy) is 1. The second-order valence-electron chi connectivity index (χ2n) is 7.09. The van der Waals surface area contributed by atoms with E-state index in [1.54, 1.807) is 20.1 Å². The summed E-state index contributed by atoms with van der Waals surface area (Å²) in [5, 5.41) is 2.91. The lowest BCUT2D eigenvalue weighted by Gasteiger charge is -2.35. The molecule has 0 bridgehead atoms. The standard InChI is InChI=1S/C23H27N3O3/c1-17(19-4-10-22(29-3)11-5-19)16-23(28)24-20-6-8-21(9-7-20)26-14-12-25(13-15-26)18(2)27/h4-11,16H,12-15H2,1-3H3,(H,24,28)/b17-16+. The van der Waals surface area contributed by atoms with E-state index in [0.29, 0.717) is 0 Å². The fourth-order valence-electron chi connectivity index (χ4n) is 3.35. The van der Waals surface area contributed by atoms with Crippen LogP contribution in [0.1, 0.15) is 19.4 Å². The number of piperazine rings is 1. The number of hydrogen-bond acceptors (Lipinski definition) is 4. The van der Waals surface area contributed by atoms with Gasteiger partial charge in [-0.15, -0.1) is 0 Å². The van der Waals surface area contributed by atoms with Crippen LogP contribution in [0.2, 0.25) is 0 Å². The number of rotatable bonds is 5. The molecule has 1 N–H and O–H groups in total. The molecule has 2 aromatic carbocycles. The summed E-state index contributed by atoms with van der Waals surface area (Å²) in [6.45, 7) is 6.62. The van der Waals surface area contributed by atoms with E-state index in [1.807, 2.05) is 60.4 Å². The molecule has 6 nitrogen and oxygen atoms in total. The minimum atomic E-state index is -0.166. The first kappa shape index (κ1) is 20.5. The Bertz CT molecular complexity index is 881. The van der Waals surface area contributed by atoms with Crippen LogP contribution in [-0.4, -0.2) is 50.0 Å². The van der Waals surface area contributed by atoms with Gasteiger partial charge in [-0.2, -0.15) is 0 Å². The van der Waals surface area contributed by atoms with Gasteiger partial charge in [-0.1, -0.05) is 12.1 Å². The van der Waals surface area contributed by atoms with Crippen molar-refractivity contribution in [2.45, 2.75) is 13.8 Å². The monoisotopic (exact) mass is 393 g/mol. The molecule has 1 fully saturated rings. The van der Waals surface area contributed by atoms with E-state index < -0.39 is 0 Å². The summed E-state index contributed by atoms with van der Waals surface area (Å²) in [4.78, 5) is 27.9. The lowest BCUT2D eigenvalue weighted by Crippen LogP contribution is -2.48. The zero-order chi connectivity index (χ0) is 20.8. The maximum absolute atomic E-state index is 12.3. The van der Waals surface area contributed by atoms with E-state index in [2.05, 4.69) is 10.2 Å². The number of nitrogens with one attached hydrogen (secondary N) is 1. The number of carbonyl (C=O) groups excluding carboxylic acids is 2. The molecule has 0 atom stereocenters. The summed E-state index contributed by atoms with van der Waals surface area (Å²) >= 11 is 0. The van der Waals surface area contributed by atoms with Crippen LogP contribution in [0.25, 0.3) is 5.57 Å². The topological polar surface area (TPSA) is 61.9 Å². The Kier molecular flexibility index (Phi) is 6.54. The Hall–Kier alpha value is -3.28. The Morgan fingerprint density at radius 2 is 1.55 bits per heavy atom. The maximum Gasteiger partial charge on any atom is 0.248 e. The molecule has 0 unspecified atom stereocenters. The highest BCUT2D eigenvalue weighted by Gasteiger charge is 2.18. The predicted octanol–water partition coefficient (Wildman–Crippen LogP) is 3.41. The molecule has 0 radical (unpaired) electrons. The molecular weight excluding hydrogens is 366 g/mol. The van der Waals surface area contributed by atoms with Crippen LogP contribution in [-0.2, 0) is 9.59 Å². The van der Waals surface area contributed by atoms with Gasteiger partial charge < -0.3 is 19.9 Å². The maximum atomic E-state index is 12.3. The molecular formula is C23H27N3O3. The molecule has 1 aliphatic heterocycles. The first-order valence-corrected chi connectivity index (χ1v) is 9.70. The van der Waals surface area contributed by atoms with Crippen molar-refractivity contribution < 1.29 is 14.3 Å². The fraction of sp³-hybridized carbons (Fsp3) is 0.304. The van der Waals surface area contributed by atoms with Crippen molar-refractivity contribution in [3.05, 3.63) is 60.2 Å². The quantitative estimate of drug-likeness (QED) is 0.791. The number of hydrogen-bond donors (Lipinski definition) is 1. The SMILES string of the molecule is COc1ccc(/C(C)=C/C(=O)Nc2ccc(N3CCN(C(C)=O)CC3)cc2)cc1. The molecule has 29 heavy (non-hydrogen) atoms. The van der Waals surface area contributed by atoms with E-state index in [1.165, 1.54) is 0 Å². The molecule has 0 aromatic heterocycles. The first-order chi connectivity index (χ1) is 14.0. The number of benzene rings is 2. The number of carbonyl (C=O) groups is 2. The van der Waals surface area contributed by atoms with Gasteiger partial charge in [0.05, 0.1) is 7.11 Å². The first-order valence-electron chi connectivity index (χ1n) is 9.70. The Balaban J connectivity index is 1.57. The van der Waals surface area contributed by atoms with Crippen molar-refractivity contribution in [1.29, 1.82) is 0 Å². The van der Waals surface area contributed by atoms with Gasteiger partial charge in [-0.25, -0.2) is 0 Å². The third-order valence-electron chi connectivity index (χ3n) is 5.12. The van der Waals surface area contributed by atoms with Crippen LogP contribution in [0, 0.1) is 0 Å². The number of methoxy groups -OCH3 is 1. The summed E-state index contributed by atoms with van der Waals surface area (Å²) in [6.07, 6.45) is 1.59. The van der Waals surface area contributed by atoms with Crippen molar-refractivity contribution in [3.8, 4) is 5.75 Å². The Morgan fingerprint density at radius 1 is 0.931 bits per heavy atom. The number of allylic oxidation sites excluding steroid dienone is 1. The lowest BCUT2D eigenvalue weighted by molar-refractivity contribution is -0.129. The van der Waals surface area contributed by atoms with E-state index in [-0.39, 0.29) is 11.8 Å². The van der Waals surface area contributed by atoms with Crippen molar-refractivity contribution in [2.75, 3.05) is 43.5 Å². The van der Waals surface area contributed by atoms with E-state index in [0.717, 1.165) is 54.4 Å². The van der Waals surface area contributed by atoms with Crippen molar-refractivity contribution in [1.82, 2.24) is 4.90 Å². The minimum absolute atomic E-state index is 0.126. The fourth-order valence-corrected chi connectivity index (χ4v) is 3.35. The van der Waals surface area contributed by atoms with Crippen molar-refractivity contribution in [3.63, 3.8) is 0 Å². The van der Waals surface area contributed by atoms with Gasteiger partial charge in [0.25, 0.3) is 0 Å². The van der Waals surface area contributed by atoms with Crippen LogP contribution >= 0.6 is 0 Å². The molecule has 1 heterocycles. The highest BCUT2D eigenvalue weighted by atomic mass is 16.5. The Morgan fingerprint density at radius 3 is 2.10 bits per heavy atom. The third-order valence-corrected chi connectivity index (χ3v) is 5.12. The van der Waals surface area contributed by atoms with E-state index >= 15 is 0 Å². The molecule has 1 saturated heterocycles. The highest BCUT2D eigenvalue weighted by Crippen LogP contribution is 2.21. The van der Waals surface area contributed by atoms with Crippen LogP contribution in [0.3, 0.4) is 0 Å². The average Bonchev–Trinajstić information content (AvgIpc) is 2.74. The zero-order valence-electron chi connectivity index (χ0n) is 17.1. The van der Waals surface area contributed by atoms with Gasteiger partial charge in [-0.05, 0) is 54.5 Å². The molecule has 2 amide bonds. The molecule has 1 aliphatic rings. The van der Waals surface area contributed by atoms with E-state index in [9.17, 15) is 9.59 Å². The lowest BCUT2D eigenvalue weighted by atomic mass is 10.1. The van der Waals surface area contributed by atoms with Gasteiger partial charge in [0.1, 0.15) is 5.75 Å². The smallest absolute Gasteiger partial charge is 0.248 e. The number of anilines is 2. The summed E-state index contributed by atoms with van der Waals surface area (Å²) < 4.78 is 5.16. The van der Waals surface area contributed by atoms with Crippen LogP contribution < -0.4 is 15.0 Å². The van der Waals surface area contributed by atoms with Gasteiger partial charge in [0.15, 0.2) is 0 Å².